The standard InChI is InChI=1S/C34H38N2.C34H30N2.C30H34N2.6BrH/c2*1(11-23-35-25-21-31-17-7-9-19-33(31)27-35)3-13-29-15-5-6-16-30(29)14-4-2-12-24-36-26-22-32-18-8-10-20-34(32)28-36;1-25-17-21-31(23-27(25)3)19-11-5-7-13-29-15-9-10-16-30(29)14-8-6-12-20-32-22-18-26(2)28(4)24-32;;;;;;/h5-10,15-22,25-28H,1-4,11-14,23-24H2;5-10,15-22,25-28H,1-2,11-12,23-24H2;9-10,15-18,21-24H,5-6,11-12,19-20H2,1-4H3;6*1H/q3*+2;;;;;;/p-6. The highest BCUT2D eigenvalue weighted by Gasteiger charge is 2.11. The van der Waals surface area contributed by atoms with Gasteiger partial charge in [0.1, 0.15) is 39.3 Å². The molecule has 0 amide bonds. The normalized spacial score (nSPS) is 10.1. The zero-order valence-corrected chi connectivity index (χ0v) is 73.6. The SMILES string of the molecule is C(#Cc1ccccc1C#CCCC[n+]1ccc2ccccc2c1)CCC[n+]1ccc2ccccc2c1.Cc1cc[n+](CCCC#Cc2ccccc2C#CCCC[n+]2ccc(C)c(C)c2)cc1C.[Br-].[Br-].[Br-].[Br-].[Br-].[Br-].c1ccc(CCCCC[n+]2ccc3ccccc3c2)c(CCCCC[n+]2ccc3ccccc3c2)c1. The van der Waals surface area contributed by atoms with Crippen molar-refractivity contribution in [2.75, 3.05) is 0 Å². The van der Waals surface area contributed by atoms with Crippen LogP contribution in [0.3, 0.4) is 0 Å². The van der Waals surface area contributed by atoms with Crippen molar-refractivity contribution in [3.63, 3.8) is 0 Å². The predicted molar refractivity (Wildman–Crippen MR) is 428 cm³/mol. The molecular formula is C98H102Br6N6. The van der Waals surface area contributed by atoms with Gasteiger partial charge in [0.25, 0.3) is 0 Å². The van der Waals surface area contributed by atoms with E-state index in [1.165, 1.54) is 117 Å². The number of nitrogens with zero attached hydrogens (tertiary/aromatic N) is 6. The molecule has 0 bridgehead atoms. The average molecular weight is 1840 g/mol. The molecule has 0 aliphatic heterocycles. The summed E-state index contributed by atoms with van der Waals surface area (Å²) in [5, 5.41) is 10.4. The van der Waals surface area contributed by atoms with Gasteiger partial charge in [-0.05, 0) is 159 Å². The molecule has 6 heterocycles. The summed E-state index contributed by atoms with van der Waals surface area (Å²) in [6.45, 7) is 14.7. The van der Waals surface area contributed by atoms with E-state index in [-0.39, 0.29) is 102 Å². The molecule has 0 atom stereocenters. The summed E-state index contributed by atoms with van der Waals surface area (Å²) >= 11 is 0. The Kier molecular flexibility index (Phi) is 42.9. The fourth-order valence-corrected chi connectivity index (χ4v) is 13.1. The maximum absolute atomic E-state index is 3.35. The van der Waals surface area contributed by atoms with Crippen LogP contribution in [0, 0.1) is 75.1 Å². The van der Waals surface area contributed by atoms with E-state index in [9.17, 15) is 0 Å². The number of unbranched alkanes of at least 4 members (excludes halogenated alkanes) is 8. The van der Waals surface area contributed by atoms with Crippen LogP contribution in [0.1, 0.15) is 146 Å². The number of halogens is 6. The van der Waals surface area contributed by atoms with Gasteiger partial charge in [-0.25, -0.2) is 27.4 Å². The Morgan fingerprint density at radius 2 is 0.436 bits per heavy atom. The van der Waals surface area contributed by atoms with Gasteiger partial charge in [-0.3, -0.25) is 0 Å². The van der Waals surface area contributed by atoms with E-state index in [1.807, 2.05) is 24.3 Å². The summed E-state index contributed by atoms with van der Waals surface area (Å²) in [7, 11) is 0. The lowest BCUT2D eigenvalue weighted by molar-refractivity contribution is -0.697. The number of rotatable bonds is 24. The molecule has 0 spiro atoms. The molecular weight excluding hydrogens is 1740 g/mol. The fraction of sp³-hybridized carbons (Fsp3) is 0.265. The Morgan fingerprint density at radius 3 is 0.709 bits per heavy atom. The van der Waals surface area contributed by atoms with Crippen molar-refractivity contribution >= 4 is 43.1 Å². The maximum atomic E-state index is 3.35. The van der Waals surface area contributed by atoms with Crippen LogP contribution in [-0.2, 0) is 52.1 Å². The van der Waals surface area contributed by atoms with E-state index in [0.29, 0.717) is 0 Å². The summed E-state index contributed by atoms with van der Waals surface area (Å²) in [6, 6.07) is 72.9. The number of benzene rings is 7. The molecule has 0 saturated heterocycles. The number of pyridine rings is 6. The summed E-state index contributed by atoms with van der Waals surface area (Å²) in [5.74, 6) is 26.7. The number of aromatic nitrogens is 6. The molecule has 566 valence electrons. The first-order chi connectivity index (χ1) is 51.2. The van der Waals surface area contributed by atoms with Crippen LogP contribution in [0.15, 0.2) is 281 Å². The van der Waals surface area contributed by atoms with Gasteiger partial charge in [0.15, 0.2) is 74.4 Å². The molecule has 0 N–H and O–H groups in total. The molecule has 0 saturated carbocycles. The van der Waals surface area contributed by atoms with Crippen LogP contribution in [-0.4, -0.2) is 0 Å². The van der Waals surface area contributed by atoms with Crippen LogP contribution in [0.2, 0.25) is 0 Å². The second-order valence-electron chi connectivity index (χ2n) is 27.4. The molecule has 12 heteroatoms. The predicted octanol–water partition coefficient (Wildman–Crippen LogP) is 0.809. The Balaban J connectivity index is 0.000000288. The van der Waals surface area contributed by atoms with E-state index >= 15 is 0 Å². The molecule has 6 nitrogen and oxygen atoms in total. The summed E-state index contributed by atoms with van der Waals surface area (Å²) in [5.41, 5.74) is 12.5. The second-order valence-corrected chi connectivity index (χ2v) is 27.4. The van der Waals surface area contributed by atoms with E-state index in [4.69, 9.17) is 0 Å². The summed E-state index contributed by atoms with van der Waals surface area (Å²) < 4.78 is 13.7. The van der Waals surface area contributed by atoms with Gasteiger partial charge in [-0.2, -0.15) is 0 Å². The van der Waals surface area contributed by atoms with Gasteiger partial charge in [0.2, 0.25) is 0 Å². The van der Waals surface area contributed by atoms with Crippen LogP contribution >= 0.6 is 0 Å². The van der Waals surface area contributed by atoms with Gasteiger partial charge in [-0.1, -0.05) is 169 Å². The fourth-order valence-electron chi connectivity index (χ4n) is 13.1. The lowest BCUT2D eigenvalue weighted by Gasteiger charge is -2.09. The zero-order chi connectivity index (χ0) is 71.6. The first kappa shape index (κ1) is 92.2. The third kappa shape index (κ3) is 30.4. The number of hydrogen-bond donors (Lipinski definition) is 0. The molecule has 0 unspecified atom stereocenters. The van der Waals surface area contributed by atoms with Crippen LogP contribution in [0.4, 0.5) is 0 Å². The molecule has 0 aliphatic carbocycles. The zero-order valence-electron chi connectivity index (χ0n) is 64.1. The molecule has 0 radical (unpaired) electrons. The minimum absolute atomic E-state index is 0. The van der Waals surface area contributed by atoms with Gasteiger partial charge >= 0.3 is 0 Å². The van der Waals surface area contributed by atoms with E-state index < -0.39 is 0 Å². The highest BCUT2D eigenvalue weighted by molar-refractivity contribution is 5.82. The summed E-state index contributed by atoms with van der Waals surface area (Å²) in [6.07, 6.45) is 44.1. The highest BCUT2D eigenvalue weighted by atomic mass is 79.9. The van der Waals surface area contributed by atoms with E-state index in [2.05, 4.69) is 359 Å². The van der Waals surface area contributed by atoms with Crippen molar-refractivity contribution in [3.05, 3.63) is 336 Å². The lowest BCUT2D eigenvalue weighted by atomic mass is 9.97. The third-order valence-corrected chi connectivity index (χ3v) is 19.4. The van der Waals surface area contributed by atoms with E-state index in [0.717, 1.165) is 113 Å². The molecule has 13 rings (SSSR count). The van der Waals surface area contributed by atoms with Crippen molar-refractivity contribution < 1.29 is 129 Å². The van der Waals surface area contributed by atoms with Crippen molar-refractivity contribution in [1.29, 1.82) is 0 Å². The largest absolute Gasteiger partial charge is 1.00 e. The molecule has 110 heavy (non-hydrogen) atoms. The van der Waals surface area contributed by atoms with Crippen LogP contribution in [0.25, 0.3) is 43.1 Å². The Bertz CT molecular complexity index is 4940. The van der Waals surface area contributed by atoms with Crippen molar-refractivity contribution in [1.82, 2.24) is 0 Å². The molecule has 0 fully saturated rings. The summed E-state index contributed by atoms with van der Waals surface area (Å²) in [4.78, 5) is 0. The molecule has 7 aromatic carbocycles. The third-order valence-electron chi connectivity index (χ3n) is 19.4. The van der Waals surface area contributed by atoms with Gasteiger partial charge in [0, 0.05) is 156 Å². The lowest BCUT2D eigenvalue weighted by Crippen LogP contribution is -3.00. The smallest absolute Gasteiger partial charge is 0.176 e. The first-order valence-electron chi connectivity index (χ1n) is 37.9. The number of aryl methyl sites for hydroxylation is 12. The first-order valence-corrected chi connectivity index (χ1v) is 37.9. The van der Waals surface area contributed by atoms with Crippen molar-refractivity contribution in [2.24, 2.45) is 0 Å². The van der Waals surface area contributed by atoms with Crippen molar-refractivity contribution in [3.8, 4) is 47.4 Å². The number of hydrogen-bond acceptors (Lipinski definition) is 0. The average Bonchev–Trinajstić information content (AvgIpc) is 0.851. The molecule has 0 aliphatic rings. The highest BCUT2D eigenvalue weighted by Crippen LogP contribution is 2.19. The van der Waals surface area contributed by atoms with Gasteiger partial charge < -0.3 is 102 Å². The quantitative estimate of drug-likeness (QED) is 0.0487. The van der Waals surface area contributed by atoms with Gasteiger partial charge in [0.05, 0.1) is 0 Å². The Morgan fingerprint density at radius 1 is 0.209 bits per heavy atom. The number of fused-ring (bicyclic) bond motifs is 4. The monoisotopic (exact) mass is 1840 g/mol. The minimum atomic E-state index is 0. The molecule has 6 aromatic heterocycles. The Labute approximate surface area is 719 Å². The van der Waals surface area contributed by atoms with Crippen LogP contribution < -0.4 is 129 Å². The topological polar surface area (TPSA) is 23.3 Å². The Hall–Kier alpha value is -8.40. The van der Waals surface area contributed by atoms with E-state index in [1.54, 1.807) is 11.1 Å². The second kappa shape index (κ2) is 51.2. The van der Waals surface area contributed by atoms with Crippen molar-refractivity contribution in [2.45, 2.75) is 170 Å². The minimum Gasteiger partial charge on any atom is -1.00 e. The maximum Gasteiger partial charge on any atom is 0.176 e. The van der Waals surface area contributed by atoms with Crippen LogP contribution in [0.5, 0.6) is 0 Å². The van der Waals surface area contributed by atoms with Gasteiger partial charge in [-0.15, -0.1) is 0 Å². The molecule has 13 aromatic rings.